The summed E-state index contributed by atoms with van der Waals surface area (Å²) in [5.74, 6) is -1.15. The number of carbonyl (C=O) groups is 3. The van der Waals surface area contributed by atoms with Gasteiger partial charge < -0.3 is 15.8 Å². The number of primary amides is 1. The van der Waals surface area contributed by atoms with E-state index in [-0.39, 0.29) is 17.5 Å². The van der Waals surface area contributed by atoms with E-state index in [1.807, 2.05) is 0 Å². The number of nitrogens with zero attached hydrogens (tertiary/aromatic N) is 2. The van der Waals surface area contributed by atoms with E-state index in [0.717, 1.165) is 4.90 Å². The molecule has 1 aliphatic heterocycles. The van der Waals surface area contributed by atoms with Gasteiger partial charge in [0.15, 0.2) is 0 Å². The van der Waals surface area contributed by atoms with Crippen LogP contribution in [0.1, 0.15) is 48.9 Å². The Labute approximate surface area is 164 Å². The van der Waals surface area contributed by atoms with Gasteiger partial charge in [-0.15, -0.1) is 0 Å². The van der Waals surface area contributed by atoms with Crippen molar-refractivity contribution >= 4 is 17.8 Å². The Bertz CT molecular complexity index is 794. The highest BCUT2D eigenvalue weighted by Crippen LogP contribution is 2.30. The maximum atomic E-state index is 12.4. The number of imide groups is 1. The fraction of sp³-hybridized carbons (Fsp3) is 0.556. The third-order valence-corrected chi connectivity index (χ3v) is 5.09. The molecule has 2 aliphatic rings. The van der Waals surface area contributed by atoms with Crippen LogP contribution in [0.2, 0.25) is 0 Å². The number of alkyl halides is 3. The van der Waals surface area contributed by atoms with Gasteiger partial charge >= 0.3 is 12.2 Å². The number of amides is 4. The predicted octanol–water partition coefficient (Wildman–Crippen LogP) is 2.13. The molecule has 0 spiro atoms. The minimum Gasteiger partial charge on any atom is -0.474 e. The van der Waals surface area contributed by atoms with Crippen LogP contribution in [0.3, 0.4) is 0 Å². The topological polar surface area (TPSA) is 115 Å². The fourth-order valence-electron chi connectivity index (χ4n) is 3.65. The summed E-state index contributed by atoms with van der Waals surface area (Å²) < 4.78 is 43.0. The molecule has 0 radical (unpaired) electrons. The molecular weight excluding hydrogens is 393 g/mol. The number of hydrogen-bond donors (Lipinski definition) is 2. The predicted molar refractivity (Wildman–Crippen MR) is 93.9 cm³/mol. The maximum absolute atomic E-state index is 12.4. The molecule has 1 aromatic heterocycles. The van der Waals surface area contributed by atoms with Crippen molar-refractivity contribution in [3.8, 4) is 5.88 Å². The number of urea groups is 1. The van der Waals surface area contributed by atoms with E-state index in [1.54, 1.807) is 6.07 Å². The minimum atomic E-state index is -4.39. The first-order valence-electron chi connectivity index (χ1n) is 9.27. The smallest absolute Gasteiger partial charge is 0.389 e. The first kappa shape index (κ1) is 20.9. The Morgan fingerprint density at radius 1 is 1.28 bits per heavy atom. The number of halogens is 3. The number of carbonyl (C=O) groups excluding carboxylic acids is 3. The van der Waals surface area contributed by atoms with Gasteiger partial charge in [0.1, 0.15) is 17.7 Å². The molecule has 2 fully saturated rings. The average molecular weight is 414 g/mol. The van der Waals surface area contributed by atoms with Gasteiger partial charge in [0, 0.05) is 18.7 Å². The zero-order valence-electron chi connectivity index (χ0n) is 15.4. The number of nitrogens with two attached hydrogens (primary N) is 1. The quantitative estimate of drug-likeness (QED) is 0.692. The highest BCUT2D eigenvalue weighted by molar-refractivity contribution is 6.04. The van der Waals surface area contributed by atoms with Crippen molar-refractivity contribution in [1.82, 2.24) is 15.2 Å². The standard InChI is InChI=1S/C18H21F3N4O4/c19-18(20,21)8-7-13-16(27)25(17(28)24-13)10-3-5-11(6-4-10)29-15-12(14(22)26)2-1-9-23-15/h1-2,9-11,13H,3-8H2,(H2,22,26)(H,24,28)/t10-,11-,13?. The summed E-state index contributed by atoms with van der Waals surface area (Å²) >= 11 is 0. The summed E-state index contributed by atoms with van der Waals surface area (Å²) in [7, 11) is 0. The lowest BCUT2D eigenvalue weighted by atomic mass is 9.91. The summed E-state index contributed by atoms with van der Waals surface area (Å²) in [4.78, 5) is 41.0. The molecule has 158 valence electrons. The van der Waals surface area contributed by atoms with Crippen LogP contribution in [-0.2, 0) is 4.79 Å². The van der Waals surface area contributed by atoms with Crippen LogP contribution >= 0.6 is 0 Å². The normalized spacial score (nSPS) is 25.1. The van der Waals surface area contributed by atoms with Crippen molar-refractivity contribution in [2.45, 2.75) is 62.9 Å². The van der Waals surface area contributed by atoms with Crippen LogP contribution in [0.25, 0.3) is 0 Å². The summed E-state index contributed by atoms with van der Waals surface area (Å²) in [5, 5.41) is 2.34. The number of nitrogens with one attached hydrogen (secondary N) is 1. The summed E-state index contributed by atoms with van der Waals surface area (Å²) in [5.41, 5.74) is 5.46. The SMILES string of the molecule is NC(=O)c1cccnc1O[C@H]1CC[C@H](N2C(=O)NC(CCC(F)(F)F)C2=O)CC1. The zero-order chi connectivity index (χ0) is 21.2. The van der Waals surface area contributed by atoms with Crippen molar-refractivity contribution in [1.29, 1.82) is 0 Å². The summed E-state index contributed by atoms with van der Waals surface area (Å²) in [6.45, 7) is 0. The molecule has 1 saturated heterocycles. The molecule has 3 N–H and O–H groups in total. The Morgan fingerprint density at radius 3 is 2.59 bits per heavy atom. The maximum Gasteiger partial charge on any atom is 0.389 e. The van der Waals surface area contributed by atoms with E-state index in [0.29, 0.717) is 25.7 Å². The molecule has 4 amide bonds. The van der Waals surface area contributed by atoms with Gasteiger partial charge in [0.25, 0.3) is 11.8 Å². The largest absolute Gasteiger partial charge is 0.474 e. The molecule has 11 heteroatoms. The third kappa shape index (κ3) is 4.96. The van der Waals surface area contributed by atoms with Crippen LogP contribution in [0.5, 0.6) is 5.88 Å². The molecule has 1 aliphatic carbocycles. The van der Waals surface area contributed by atoms with E-state index in [9.17, 15) is 27.6 Å². The summed E-state index contributed by atoms with van der Waals surface area (Å²) in [6, 6.07) is 0.857. The lowest BCUT2D eigenvalue weighted by Gasteiger charge is -2.33. The lowest BCUT2D eigenvalue weighted by molar-refractivity contribution is -0.140. The average Bonchev–Trinajstić information content (AvgIpc) is 2.94. The van der Waals surface area contributed by atoms with E-state index >= 15 is 0 Å². The Morgan fingerprint density at radius 2 is 1.97 bits per heavy atom. The van der Waals surface area contributed by atoms with Crippen molar-refractivity contribution < 1.29 is 32.3 Å². The fourth-order valence-corrected chi connectivity index (χ4v) is 3.65. The van der Waals surface area contributed by atoms with E-state index in [1.165, 1.54) is 12.3 Å². The number of hydrogen-bond acceptors (Lipinski definition) is 5. The van der Waals surface area contributed by atoms with Gasteiger partial charge in [-0.1, -0.05) is 0 Å². The Hall–Kier alpha value is -2.85. The van der Waals surface area contributed by atoms with Crippen LogP contribution in [-0.4, -0.2) is 52.1 Å². The minimum absolute atomic E-state index is 0.130. The number of rotatable bonds is 6. The van der Waals surface area contributed by atoms with Crippen molar-refractivity contribution in [3.05, 3.63) is 23.9 Å². The number of ether oxygens (including phenoxy) is 1. The van der Waals surface area contributed by atoms with Gasteiger partial charge in [0.05, 0.1) is 0 Å². The highest BCUT2D eigenvalue weighted by atomic mass is 19.4. The van der Waals surface area contributed by atoms with Crippen LogP contribution in [0.15, 0.2) is 18.3 Å². The third-order valence-electron chi connectivity index (χ3n) is 5.09. The van der Waals surface area contributed by atoms with Crippen LogP contribution in [0, 0.1) is 0 Å². The van der Waals surface area contributed by atoms with E-state index in [4.69, 9.17) is 10.5 Å². The van der Waals surface area contributed by atoms with Gasteiger partial charge in [-0.3, -0.25) is 14.5 Å². The molecule has 3 rings (SSSR count). The van der Waals surface area contributed by atoms with Gasteiger partial charge in [-0.2, -0.15) is 13.2 Å². The highest BCUT2D eigenvalue weighted by Gasteiger charge is 2.44. The van der Waals surface area contributed by atoms with Gasteiger partial charge in [0.2, 0.25) is 5.88 Å². The Kier molecular flexibility index (Phi) is 5.94. The lowest BCUT2D eigenvalue weighted by Crippen LogP contribution is -2.44. The first-order chi connectivity index (χ1) is 13.7. The number of pyridine rings is 1. The molecular formula is C18H21F3N4O4. The second-order valence-electron chi connectivity index (χ2n) is 7.13. The monoisotopic (exact) mass is 414 g/mol. The molecule has 8 nitrogen and oxygen atoms in total. The number of aromatic nitrogens is 1. The van der Waals surface area contributed by atoms with Crippen molar-refractivity contribution in [2.24, 2.45) is 5.73 Å². The van der Waals surface area contributed by atoms with E-state index in [2.05, 4.69) is 10.3 Å². The molecule has 29 heavy (non-hydrogen) atoms. The molecule has 2 heterocycles. The second kappa shape index (κ2) is 8.26. The first-order valence-corrected chi connectivity index (χ1v) is 9.27. The van der Waals surface area contributed by atoms with E-state index < -0.39 is 48.9 Å². The second-order valence-corrected chi connectivity index (χ2v) is 7.13. The van der Waals surface area contributed by atoms with Gasteiger partial charge in [-0.05, 0) is 44.2 Å². The Balaban J connectivity index is 1.56. The molecule has 0 aromatic carbocycles. The van der Waals surface area contributed by atoms with Gasteiger partial charge in [-0.25, -0.2) is 9.78 Å². The zero-order valence-corrected chi connectivity index (χ0v) is 15.4. The molecule has 0 bridgehead atoms. The van der Waals surface area contributed by atoms with Crippen LogP contribution in [0.4, 0.5) is 18.0 Å². The van der Waals surface area contributed by atoms with Crippen molar-refractivity contribution in [3.63, 3.8) is 0 Å². The van der Waals surface area contributed by atoms with Crippen LogP contribution < -0.4 is 15.8 Å². The molecule has 1 aromatic rings. The summed E-state index contributed by atoms with van der Waals surface area (Å²) in [6.07, 6.45) is -2.94. The molecule has 1 atom stereocenters. The van der Waals surface area contributed by atoms with Crippen molar-refractivity contribution in [2.75, 3.05) is 0 Å². The molecule has 1 saturated carbocycles. The molecule has 1 unspecified atom stereocenters.